The Kier molecular flexibility index (Phi) is 2.97. The lowest BCUT2D eigenvalue weighted by Gasteiger charge is -2.23. The number of benzene rings is 2. The number of hydrogen-bond acceptors (Lipinski definition) is 3. The van der Waals surface area contributed by atoms with Gasteiger partial charge in [0.05, 0.1) is 0 Å². The van der Waals surface area contributed by atoms with E-state index in [2.05, 4.69) is 57.2 Å². The van der Waals surface area contributed by atoms with Crippen LogP contribution in [-0.4, -0.2) is 21.3 Å². The maximum Gasteiger partial charge on any atom is 0.163 e. The summed E-state index contributed by atoms with van der Waals surface area (Å²) in [5.41, 5.74) is 6.97. The van der Waals surface area contributed by atoms with Crippen LogP contribution in [0.5, 0.6) is 0 Å². The second kappa shape index (κ2) is 4.97. The molecule has 106 valence electrons. The highest BCUT2D eigenvalue weighted by Crippen LogP contribution is 2.27. The molecule has 1 unspecified atom stereocenters. The third-order valence-corrected chi connectivity index (χ3v) is 4.39. The van der Waals surface area contributed by atoms with Gasteiger partial charge >= 0.3 is 0 Å². The Morgan fingerprint density at radius 1 is 1.10 bits per heavy atom. The van der Waals surface area contributed by atoms with Gasteiger partial charge in [-0.2, -0.15) is 0 Å². The minimum atomic E-state index is 0.535. The molecule has 2 heterocycles. The first-order valence-corrected chi connectivity index (χ1v) is 7.46. The van der Waals surface area contributed by atoms with E-state index < -0.39 is 0 Å². The molecule has 1 aliphatic rings. The van der Waals surface area contributed by atoms with E-state index in [4.69, 9.17) is 5.73 Å². The molecule has 0 saturated heterocycles. The molecule has 0 radical (unpaired) electrons. The Morgan fingerprint density at radius 3 is 2.81 bits per heavy atom. The molecule has 0 bridgehead atoms. The quantitative estimate of drug-likeness (QED) is 0.784. The van der Waals surface area contributed by atoms with Gasteiger partial charge in [0.1, 0.15) is 5.82 Å². The van der Waals surface area contributed by atoms with Gasteiger partial charge < -0.3 is 10.3 Å². The number of nitrogens with zero attached hydrogens (tertiary/aromatic N) is 3. The van der Waals surface area contributed by atoms with Gasteiger partial charge in [0.2, 0.25) is 0 Å². The van der Waals surface area contributed by atoms with Crippen molar-refractivity contribution in [1.82, 2.24) is 14.8 Å². The molecule has 21 heavy (non-hydrogen) atoms. The van der Waals surface area contributed by atoms with E-state index in [0.717, 1.165) is 43.1 Å². The van der Waals surface area contributed by atoms with E-state index in [9.17, 15) is 0 Å². The molecule has 2 aromatic carbocycles. The summed E-state index contributed by atoms with van der Waals surface area (Å²) in [6, 6.07) is 14.9. The first-order chi connectivity index (χ1) is 10.3. The van der Waals surface area contributed by atoms with E-state index in [1.165, 1.54) is 10.8 Å². The number of fused-ring (bicyclic) bond motifs is 2. The molecular formula is C17H18N4. The molecule has 4 heteroatoms. The standard InChI is InChI=1S/C17H18N4/c18-10-12-5-8-16-19-20-17(21(16)11-12)15-7-6-13-3-1-2-4-14(13)9-15/h1-4,6-7,9,12H,5,8,10-11,18H2. The van der Waals surface area contributed by atoms with Crippen LogP contribution >= 0.6 is 0 Å². The maximum absolute atomic E-state index is 5.84. The average Bonchev–Trinajstić information content (AvgIpc) is 2.97. The van der Waals surface area contributed by atoms with Crippen molar-refractivity contribution < 1.29 is 0 Å². The normalized spacial score (nSPS) is 17.9. The summed E-state index contributed by atoms with van der Waals surface area (Å²) in [6.45, 7) is 1.66. The van der Waals surface area contributed by atoms with Crippen LogP contribution in [0.2, 0.25) is 0 Å². The highest BCUT2D eigenvalue weighted by atomic mass is 15.3. The molecule has 2 N–H and O–H groups in total. The number of nitrogens with two attached hydrogens (primary N) is 1. The van der Waals surface area contributed by atoms with Crippen LogP contribution in [0.25, 0.3) is 22.2 Å². The highest BCUT2D eigenvalue weighted by Gasteiger charge is 2.22. The Morgan fingerprint density at radius 2 is 1.95 bits per heavy atom. The van der Waals surface area contributed by atoms with Crippen LogP contribution in [0.4, 0.5) is 0 Å². The molecule has 0 aliphatic carbocycles. The van der Waals surface area contributed by atoms with Gasteiger partial charge in [0, 0.05) is 18.5 Å². The fourth-order valence-corrected chi connectivity index (χ4v) is 3.13. The first kappa shape index (κ1) is 12.5. The van der Waals surface area contributed by atoms with E-state index in [-0.39, 0.29) is 0 Å². The zero-order valence-electron chi connectivity index (χ0n) is 11.9. The van der Waals surface area contributed by atoms with Gasteiger partial charge in [0.25, 0.3) is 0 Å². The van der Waals surface area contributed by atoms with Crippen LogP contribution in [-0.2, 0) is 13.0 Å². The van der Waals surface area contributed by atoms with Crippen molar-refractivity contribution in [3.05, 3.63) is 48.3 Å². The van der Waals surface area contributed by atoms with E-state index >= 15 is 0 Å². The predicted molar refractivity (Wildman–Crippen MR) is 83.8 cm³/mol. The molecular weight excluding hydrogens is 260 g/mol. The Bertz CT molecular complexity index is 790. The molecule has 0 spiro atoms. The van der Waals surface area contributed by atoms with Crippen molar-refractivity contribution in [2.45, 2.75) is 19.4 Å². The third-order valence-electron chi connectivity index (χ3n) is 4.39. The summed E-state index contributed by atoms with van der Waals surface area (Å²) >= 11 is 0. The molecule has 0 amide bonds. The van der Waals surface area contributed by atoms with Crippen molar-refractivity contribution in [2.24, 2.45) is 11.7 Å². The Hall–Kier alpha value is -2.20. The minimum Gasteiger partial charge on any atom is -0.330 e. The monoisotopic (exact) mass is 278 g/mol. The minimum absolute atomic E-state index is 0.535. The lowest BCUT2D eigenvalue weighted by Crippen LogP contribution is -2.26. The van der Waals surface area contributed by atoms with Crippen LogP contribution in [0.1, 0.15) is 12.2 Å². The van der Waals surface area contributed by atoms with Gasteiger partial charge in [-0.15, -0.1) is 10.2 Å². The topological polar surface area (TPSA) is 56.7 Å². The third kappa shape index (κ3) is 2.12. The predicted octanol–water partition coefficient (Wildman–Crippen LogP) is 2.62. The highest BCUT2D eigenvalue weighted by molar-refractivity contribution is 5.86. The Labute approximate surface area is 123 Å². The van der Waals surface area contributed by atoms with E-state index in [1.807, 2.05) is 0 Å². The maximum atomic E-state index is 5.84. The molecule has 0 saturated carbocycles. The van der Waals surface area contributed by atoms with Gasteiger partial charge in [-0.3, -0.25) is 0 Å². The lowest BCUT2D eigenvalue weighted by molar-refractivity contribution is 0.376. The van der Waals surface area contributed by atoms with Crippen LogP contribution in [0.3, 0.4) is 0 Å². The van der Waals surface area contributed by atoms with Gasteiger partial charge in [-0.1, -0.05) is 36.4 Å². The van der Waals surface area contributed by atoms with Gasteiger partial charge in [-0.25, -0.2) is 0 Å². The summed E-state index contributed by atoms with van der Waals surface area (Å²) in [7, 11) is 0. The van der Waals surface area contributed by atoms with E-state index in [1.54, 1.807) is 0 Å². The summed E-state index contributed by atoms with van der Waals surface area (Å²) in [4.78, 5) is 0. The molecule has 0 fully saturated rings. The number of rotatable bonds is 2. The van der Waals surface area contributed by atoms with Crippen molar-refractivity contribution >= 4 is 10.8 Å². The van der Waals surface area contributed by atoms with E-state index in [0.29, 0.717) is 5.92 Å². The van der Waals surface area contributed by atoms with Crippen molar-refractivity contribution in [3.8, 4) is 11.4 Å². The summed E-state index contributed by atoms with van der Waals surface area (Å²) < 4.78 is 2.24. The molecule has 1 aromatic heterocycles. The van der Waals surface area contributed by atoms with Crippen LogP contribution in [0.15, 0.2) is 42.5 Å². The lowest BCUT2D eigenvalue weighted by atomic mass is 9.99. The summed E-state index contributed by atoms with van der Waals surface area (Å²) in [5.74, 6) is 2.59. The van der Waals surface area contributed by atoms with Gasteiger partial charge in [0.15, 0.2) is 5.82 Å². The Balaban J connectivity index is 1.80. The second-order valence-corrected chi connectivity index (χ2v) is 5.75. The number of aromatic nitrogens is 3. The number of aryl methyl sites for hydroxylation is 1. The fourth-order valence-electron chi connectivity index (χ4n) is 3.13. The van der Waals surface area contributed by atoms with Crippen molar-refractivity contribution in [2.75, 3.05) is 6.54 Å². The van der Waals surface area contributed by atoms with Crippen molar-refractivity contribution in [1.29, 1.82) is 0 Å². The molecule has 1 aliphatic heterocycles. The zero-order valence-corrected chi connectivity index (χ0v) is 11.9. The fraction of sp³-hybridized carbons (Fsp3) is 0.294. The first-order valence-electron chi connectivity index (χ1n) is 7.46. The SMILES string of the molecule is NCC1CCc2nnc(-c3ccc4ccccc4c3)n2C1. The summed E-state index contributed by atoms with van der Waals surface area (Å²) in [6.07, 6.45) is 2.09. The molecule has 4 rings (SSSR count). The largest absolute Gasteiger partial charge is 0.330 e. The molecule has 4 nitrogen and oxygen atoms in total. The second-order valence-electron chi connectivity index (χ2n) is 5.75. The summed E-state index contributed by atoms with van der Waals surface area (Å²) in [5, 5.41) is 11.3. The van der Waals surface area contributed by atoms with Crippen LogP contribution in [0, 0.1) is 5.92 Å². The molecule has 3 aromatic rings. The van der Waals surface area contributed by atoms with Gasteiger partial charge in [-0.05, 0) is 35.7 Å². The zero-order chi connectivity index (χ0) is 14.2. The molecule has 1 atom stereocenters. The van der Waals surface area contributed by atoms with Crippen molar-refractivity contribution in [3.63, 3.8) is 0 Å². The van der Waals surface area contributed by atoms with Crippen LogP contribution < -0.4 is 5.73 Å². The smallest absolute Gasteiger partial charge is 0.163 e. The number of hydrogen-bond donors (Lipinski definition) is 1. The average molecular weight is 278 g/mol.